The summed E-state index contributed by atoms with van der Waals surface area (Å²) in [7, 11) is 0. The normalized spacial score (nSPS) is 25.3. The Morgan fingerprint density at radius 2 is 0.611 bits per heavy atom. The quantitative estimate of drug-likeness (QED) is 0.0199. The van der Waals surface area contributed by atoms with Gasteiger partial charge in [-0.25, -0.2) is 0 Å². The first kappa shape index (κ1) is 104. The zero-order valence-electron chi connectivity index (χ0n) is 70.6. The fourth-order valence-corrected chi connectivity index (χ4v) is 14.9. The molecule has 3 fully saturated rings. The minimum absolute atomic E-state index is 0.238. The number of nitrogens with one attached hydrogen (secondary N) is 1. The van der Waals surface area contributed by atoms with Gasteiger partial charge in [-0.1, -0.05) is 367 Å². The third-order valence-corrected chi connectivity index (χ3v) is 22.1. The van der Waals surface area contributed by atoms with Crippen molar-refractivity contribution < 1.29 is 89.4 Å². The van der Waals surface area contributed by atoms with Crippen LogP contribution in [0.1, 0.15) is 348 Å². The number of aliphatic hydroxyl groups is 11. The first-order valence-electron chi connectivity index (χ1n) is 45.6. The van der Waals surface area contributed by atoms with Gasteiger partial charge in [-0.05, 0) is 83.5 Å². The van der Waals surface area contributed by atoms with Gasteiger partial charge in [0.1, 0.15) is 73.2 Å². The number of allylic oxidation sites excluding steroid dienone is 17. The van der Waals surface area contributed by atoms with Crippen LogP contribution in [0.5, 0.6) is 0 Å². The second-order valence-electron chi connectivity index (χ2n) is 32.0. The smallest absolute Gasteiger partial charge is 0.220 e. The van der Waals surface area contributed by atoms with Gasteiger partial charge in [-0.15, -0.1) is 0 Å². The molecule has 12 N–H and O–H groups in total. The topological polar surface area (TPSA) is 307 Å². The molecule has 654 valence electrons. The molecule has 0 spiro atoms. The van der Waals surface area contributed by atoms with Gasteiger partial charge in [0.25, 0.3) is 0 Å². The van der Waals surface area contributed by atoms with Gasteiger partial charge in [0, 0.05) is 6.42 Å². The third-order valence-electron chi connectivity index (χ3n) is 22.1. The van der Waals surface area contributed by atoms with Gasteiger partial charge >= 0.3 is 0 Å². The molecular weight excluding hydrogens is 1430 g/mol. The highest BCUT2D eigenvalue weighted by Gasteiger charge is 2.54. The van der Waals surface area contributed by atoms with Gasteiger partial charge in [0.15, 0.2) is 18.9 Å². The molecule has 3 saturated heterocycles. The van der Waals surface area contributed by atoms with Crippen LogP contribution in [0, 0.1) is 0 Å². The molecule has 0 aromatic rings. The fourth-order valence-electron chi connectivity index (χ4n) is 14.9. The summed E-state index contributed by atoms with van der Waals surface area (Å²) in [4.78, 5) is 13.5. The SMILES string of the molecule is CC/C=C\C/C=C\C/C=C\C/C=C\C/C=C\C/C=C\C/C=C\C/C=C\CCCCCCCCCCCCCCCCC(=O)NC(COC1OC(CO)C(OC2OC(CO)C(OC3OC(CO)C(O)C(O)C3O)C(O)C2O)C(O)C1O)C(O)/C=C/CCCCCCCCCCCCCCCCCCCCCCCCCCCCC. The molecule has 3 aliphatic heterocycles. The van der Waals surface area contributed by atoms with Crippen LogP contribution in [0.3, 0.4) is 0 Å². The number of hydrogen-bond donors (Lipinski definition) is 12. The van der Waals surface area contributed by atoms with E-state index >= 15 is 0 Å². The van der Waals surface area contributed by atoms with Crippen LogP contribution in [-0.4, -0.2) is 193 Å². The van der Waals surface area contributed by atoms with Crippen LogP contribution < -0.4 is 5.32 Å². The van der Waals surface area contributed by atoms with Crippen molar-refractivity contribution in [1.29, 1.82) is 0 Å². The predicted molar refractivity (Wildman–Crippen MR) is 457 cm³/mol. The monoisotopic (exact) mass is 1600 g/mol. The van der Waals surface area contributed by atoms with Crippen molar-refractivity contribution in [3.05, 3.63) is 109 Å². The van der Waals surface area contributed by atoms with Gasteiger partial charge < -0.3 is 89.9 Å². The van der Waals surface area contributed by atoms with Crippen molar-refractivity contribution in [2.24, 2.45) is 0 Å². The molecule has 0 radical (unpaired) electrons. The highest BCUT2D eigenvalue weighted by Crippen LogP contribution is 2.33. The van der Waals surface area contributed by atoms with Gasteiger partial charge in [0.2, 0.25) is 5.91 Å². The van der Waals surface area contributed by atoms with E-state index in [0.717, 1.165) is 103 Å². The molecule has 0 saturated carbocycles. The molecule has 0 aliphatic carbocycles. The third kappa shape index (κ3) is 50.9. The molecule has 17 atom stereocenters. The van der Waals surface area contributed by atoms with Crippen LogP contribution in [0.4, 0.5) is 0 Å². The van der Waals surface area contributed by atoms with Crippen LogP contribution in [0.25, 0.3) is 0 Å². The molecule has 3 heterocycles. The van der Waals surface area contributed by atoms with Gasteiger partial charge in [-0.3, -0.25) is 4.79 Å². The average Bonchev–Trinajstić information content (AvgIpc) is 0.780. The lowest BCUT2D eigenvalue weighted by Gasteiger charge is -2.48. The number of carbonyl (C=O) groups excluding carboxylic acids is 1. The number of rotatable bonds is 73. The summed E-state index contributed by atoms with van der Waals surface area (Å²) in [6.45, 7) is 1.66. The lowest BCUT2D eigenvalue weighted by atomic mass is 9.96. The number of carbonyl (C=O) groups is 1. The Kier molecular flexibility index (Phi) is 66.5. The summed E-state index contributed by atoms with van der Waals surface area (Å²) in [5, 5.41) is 121. The molecule has 0 bridgehead atoms. The van der Waals surface area contributed by atoms with Crippen molar-refractivity contribution in [2.45, 2.75) is 452 Å². The van der Waals surface area contributed by atoms with Crippen LogP contribution in [0.15, 0.2) is 109 Å². The largest absolute Gasteiger partial charge is 0.394 e. The highest BCUT2D eigenvalue weighted by atomic mass is 16.8. The maximum absolute atomic E-state index is 13.5. The predicted octanol–water partition coefficient (Wildman–Crippen LogP) is 17.6. The zero-order chi connectivity index (χ0) is 81.7. The number of unbranched alkanes of at least 4 members (excludes halogenated alkanes) is 41. The minimum Gasteiger partial charge on any atom is -0.394 e. The van der Waals surface area contributed by atoms with E-state index in [1.807, 2.05) is 6.08 Å². The summed E-state index contributed by atoms with van der Waals surface area (Å²) in [6, 6.07) is -0.981. The van der Waals surface area contributed by atoms with E-state index in [2.05, 4.69) is 116 Å². The van der Waals surface area contributed by atoms with Crippen molar-refractivity contribution >= 4 is 5.91 Å². The van der Waals surface area contributed by atoms with E-state index in [9.17, 15) is 61.0 Å². The molecule has 17 unspecified atom stereocenters. The lowest BCUT2D eigenvalue weighted by molar-refractivity contribution is -0.379. The lowest BCUT2D eigenvalue weighted by Crippen LogP contribution is -2.66. The Balaban J connectivity index is 1.32. The van der Waals surface area contributed by atoms with Crippen molar-refractivity contribution in [1.82, 2.24) is 5.32 Å². The van der Waals surface area contributed by atoms with Gasteiger partial charge in [-0.2, -0.15) is 0 Å². The molecule has 3 aliphatic rings. The second-order valence-corrected chi connectivity index (χ2v) is 32.0. The molecule has 19 nitrogen and oxygen atoms in total. The van der Waals surface area contributed by atoms with E-state index in [4.69, 9.17) is 28.4 Å². The van der Waals surface area contributed by atoms with Crippen molar-refractivity contribution in [3.63, 3.8) is 0 Å². The number of hydrogen-bond acceptors (Lipinski definition) is 18. The zero-order valence-corrected chi connectivity index (χ0v) is 70.6. The Hall–Kier alpha value is -3.55. The molecule has 113 heavy (non-hydrogen) atoms. The van der Waals surface area contributed by atoms with E-state index in [1.165, 1.54) is 218 Å². The van der Waals surface area contributed by atoms with Gasteiger partial charge in [0.05, 0.1) is 38.6 Å². The average molecular weight is 1600 g/mol. The molecule has 0 aromatic carbocycles. The first-order chi connectivity index (χ1) is 55.3. The summed E-state index contributed by atoms with van der Waals surface area (Å²) >= 11 is 0. The fraction of sp³-hybridized carbons (Fsp3) is 0.798. The van der Waals surface area contributed by atoms with Crippen LogP contribution >= 0.6 is 0 Å². The maximum atomic E-state index is 13.5. The first-order valence-corrected chi connectivity index (χ1v) is 45.6. The Morgan fingerprint density at radius 3 is 0.956 bits per heavy atom. The number of amides is 1. The summed E-state index contributed by atoms with van der Waals surface area (Å²) < 4.78 is 34.5. The summed E-state index contributed by atoms with van der Waals surface area (Å²) in [5.41, 5.74) is 0. The number of ether oxygens (including phenoxy) is 6. The Bertz CT molecular complexity index is 2460. The maximum Gasteiger partial charge on any atom is 0.220 e. The molecule has 1 amide bonds. The minimum atomic E-state index is -1.98. The molecular formula is C94H165NO18. The van der Waals surface area contributed by atoms with Crippen LogP contribution in [0.2, 0.25) is 0 Å². The molecule has 0 aromatic heterocycles. The standard InChI is InChI=1S/C94H165NO18/c1-3-5-7-9-11-13-15-17-19-21-23-25-27-29-31-33-34-35-36-37-38-39-40-41-42-44-46-48-50-52-54-56-58-60-62-64-66-68-70-72-82(100)95-77(78(99)71-69-67-65-63-61-59-57-55-53-51-49-47-45-43-32-30-28-26-24-22-20-18-16-14-12-10-8-6-4-2)76-108-92-88(106)85(103)90(80(74-97)110-92)113-94-89(107)86(104)91(81(75-98)111-94)112-93-87(105)84(102)83(101)79(73-96)109-93/h5,7,11,13,17,19,23,25,29,31,34-35,37-38,40-41,69,71,77-81,83-94,96-99,101-107H,3-4,6,8-10,12,14-16,18,20-22,24,26-28,30,32-33,36,39,42-68,70,72-76H2,1-2H3,(H,95,100)/b7-5-,13-11-,19-17-,25-23-,31-29-,35-34-,38-37-,41-40-,71-69+. The van der Waals surface area contributed by atoms with E-state index in [-0.39, 0.29) is 18.9 Å². The van der Waals surface area contributed by atoms with Crippen molar-refractivity contribution in [3.8, 4) is 0 Å². The Labute approximate surface area is 685 Å². The molecule has 19 heteroatoms. The van der Waals surface area contributed by atoms with E-state index in [1.54, 1.807) is 6.08 Å². The van der Waals surface area contributed by atoms with E-state index < -0.39 is 124 Å². The summed E-state index contributed by atoms with van der Waals surface area (Å²) in [6.07, 6.45) is 75.1. The second kappa shape index (κ2) is 72.5. The highest BCUT2D eigenvalue weighted by molar-refractivity contribution is 5.76. The van der Waals surface area contributed by atoms with Crippen LogP contribution in [-0.2, 0) is 33.2 Å². The number of aliphatic hydroxyl groups excluding tert-OH is 11. The molecule has 3 rings (SSSR count). The van der Waals surface area contributed by atoms with Crippen molar-refractivity contribution in [2.75, 3.05) is 26.4 Å². The van der Waals surface area contributed by atoms with E-state index in [0.29, 0.717) is 6.42 Å². The summed E-state index contributed by atoms with van der Waals surface area (Å²) in [5.74, 6) is -0.275. The Morgan fingerprint density at radius 1 is 0.327 bits per heavy atom.